The van der Waals surface area contributed by atoms with Crippen LogP contribution in [0.3, 0.4) is 0 Å². The number of aryl methyl sites for hydroxylation is 1. The van der Waals surface area contributed by atoms with Gasteiger partial charge < -0.3 is 5.73 Å². The van der Waals surface area contributed by atoms with Crippen molar-refractivity contribution in [2.45, 2.75) is 19.6 Å². The Balaban J connectivity index is 2.82. The van der Waals surface area contributed by atoms with E-state index < -0.39 is 12.7 Å². The summed E-state index contributed by atoms with van der Waals surface area (Å²) in [6, 6.07) is 0. The molecule has 1 heterocycles. The molecule has 1 rings (SSSR count). The molecule has 2 N–H and O–H groups in total. The summed E-state index contributed by atoms with van der Waals surface area (Å²) in [6.45, 7) is 0.281. The molecule has 0 amide bonds. The number of nitrogen functional groups attached to an aromatic ring is 1. The summed E-state index contributed by atoms with van der Waals surface area (Å²) in [5, 5.41) is 3.46. The highest BCUT2D eigenvalue weighted by molar-refractivity contribution is 5.15. The van der Waals surface area contributed by atoms with Crippen molar-refractivity contribution in [2.24, 2.45) is 0 Å². The van der Waals surface area contributed by atoms with E-state index in [1.165, 1.54) is 6.92 Å². The lowest BCUT2D eigenvalue weighted by Crippen LogP contribution is -2.20. The van der Waals surface area contributed by atoms with Gasteiger partial charge in [0.2, 0.25) is 5.95 Å². The van der Waals surface area contributed by atoms with Crippen molar-refractivity contribution in [3.63, 3.8) is 0 Å². The molecule has 0 saturated carbocycles. The first-order chi connectivity index (χ1) is 5.38. The molecule has 4 nitrogen and oxygen atoms in total. The van der Waals surface area contributed by atoms with Gasteiger partial charge in [-0.2, -0.15) is 23.3 Å². The van der Waals surface area contributed by atoms with Crippen LogP contribution >= 0.6 is 0 Å². The largest absolute Gasteiger partial charge is 0.408 e. The lowest BCUT2D eigenvalue weighted by atomic mass is 10.6. The lowest BCUT2D eigenvalue weighted by molar-refractivity contribution is -0.142. The van der Waals surface area contributed by atoms with Gasteiger partial charge in [-0.05, 0) is 6.92 Å². The van der Waals surface area contributed by atoms with Gasteiger partial charge in [-0.3, -0.25) is 0 Å². The van der Waals surface area contributed by atoms with Crippen molar-refractivity contribution in [3.8, 4) is 0 Å². The highest BCUT2D eigenvalue weighted by Crippen LogP contribution is 2.18. The zero-order chi connectivity index (χ0) is 9.35. The number of hydrogen-bond donors (Lipinski definition) is 1. The second-order valence-electron chi connectivity index (χ2n) is 2.29. The van der Waals surface area contributed by atoms with Crippen molar-refractivity contribution in [2.75, 3.05) is 5.73 Å². The molecular weight excluding hydrogens is 173 g/mol. The van der Waals surface area contributed by atoms with Crippen molar-refractivity contribution in [3.05, 3.63) is 5.82 Å². The summed E-state index contributed by atoms with van der Waals surface area (Å²) in [6.07, 6.45) is -4.31. The van der Waals surface area contributed by atoms with Gasteiger partial charge in [0.1, 0.15) is 12.4 Å². The summed E-state index contributed by atoms with van der Waals surface area (Å²) in [4.78, 5) is 3.52. The van der Waals surface area contributed by atoms with E-state index >= 15 is 0 Å². The molecule has 1 aromatic heterocycles. The number of alkyl halides is 3. The van der Waals surface area contributed by atoms with E-state index in [1.54, 1.807) is 0 Å². The van der Waals surface area contributed by atoms with Gasteiger partial charge in [0.05, 0.1) is 0 Å². The summed E-state index contributed by atoms with van der Waals surface area (Å²) >= 11 is 0. The standard InChI is InChI=1S/C5H7F3N4/c1-3-10-4(9)12(11-3)2-5(6,7)8/h2H2,1H3,(H2,9,10,11). The molecule has 0 aromatic carbocycles. The molecule has 12 heavy (non-hydrogen) atoms. The highest BCUT2D eigenvalue weighted by Gasteiger charge is 2.29. The minimum absolute atomic E-state index is 0.218. The van der Waals surface area contributed by atoms with Gasteiger partial charge in [0.25, 0.3) is 0 Å². The molecule has 0 fully saturated rings. The second-order valence-corrected chi connectivity index (χ2v) is 2.29. The van der Waals surface area contributed by atoms with E-state index in [-0.39, 0.29) is 11.8 Å². The molecule has 0 aliphatic rings. The first kappa shape index (κ1) is 8.82. The Bertz CT molecular complexity index is 277. The van der Waals surface area contributed by atoms with Gasteiger partial charge in [-0.25, -0.2) is 4.68 Å². The lowest BCUT2D eigenvalue weighted by Gasteiger charge is -2.05. The Kier molecular flexibility index (Phi) is 1.95. The number of aromatic nitrogens is 3. The quantitative estimate of drug-likeness (QED) is 0.693. The van der Waals surface area contributed by atoms with Crippen LogP contribution in [0.15, 0.2) is 0 Å². The Hall–Kier alpha value is -1.27. The number of hydrogen-bond acceptors (Lipinski definition) is 3. The topological polar surface area (TPSA) is 56.7 Å². The molecule has 0 aliphatic carbocycles. The van der Waals surface area contributed by atoms with Crippen LogP contribution in [0.4, 0.5) is 19.1 Å². The maximum atomic E-state index is 11.8. The summed E-state index contributed by atoms with van der Waals surface area (Å²) in [5.41, 5.74) is 5.14. The fourth-order valence-corrected chi connectivity index (χ4v) is 0.758. The van der Waals surface area contributed by atoms with E-state index in [2.05, 4.69) is 10.1 Å². The van der Waals surface area contributed by atoms with E-state index in [0.717, 1.165) is 0 Å². The summed E-state index contributed by atoms with van der Waals surface area (Å²) in [5.74, 6) is 0.0153. The van der Waals surface area contributed by atoms with E-state index in [0.29, 0.717) is 4.68 Å². The fraction of sp³-hybridized carbons (Fsp3) is 0.600. The number of rotatable bonds is 1. The second kappa shape index (κ2) is 2.65. The third-order valence-corrected chi connectivity index (χ3v) is 1.14. The molecular formula is C5H7F3N4. The van der Waals surface area contributed by atoms with Crippen LogP contribution in [0.2, 0.25) is 0 Å². The Morgan fingerprint density at radius 2 is 2.08 bits per heavy atom. The average molecular weight is 180 g/mol. The van der Waals surface area contributed by atoms with Gasteiger partial charge in [-0.1, -0.05) is 0 Å². The van der Waals surface area contributed by atoms with Crippen molar-refractivity contribution >= 4 is 5.95 Å². The average Bonchev–Trinajstić information content (AvgIpc) is 2.06. The van der Waals surface area contributed by atoms with Crippen LogP contribution in [-0.2, 0) is 6.54 Å². The van der Waals surface area contributed by atoms with Crippen molar-refractivity contribution in [1.29, 1.82) is 0 Å². The van der Waals surface area contributed by atoms with Gasteiger partial charge in [0.15, 0.2) is 0 Å². The van der Waals surface area contributed by atoms with Crippen LogP contribution in [-0.4, -0.2) is 20.9 Å². The predicted molar refractivity (Wildman–Crippen MR) is 35.2 cm³/mol. The van der Waals surface area contributed by atoms with Crippen LogP contribution < -0.4 is 5.73 Å². The van der Waals surface area contributed by atoms with E-state index in [4.69, 9.17) is 5.73 Å². The number of nitrogens with zero attached hydrogens (tertiary/aromatic N) is 3. The molecule has 7 heteroatoms. The maximum absolute atomic E-state index is 11.8. The monoisotopic (exact) mass is 180 g/mol. The van der Waals surface area contributed by atoms with Crippen LogP contribution in [0.25, 0.3) is 0 Å². The smallest absolute Gasteiger partial charge is 0.368 e. The Morgan fingerprint density at radius 1 is 1.50 bits per heavy atom. The molecule has 0 bridgehead atoms. The molecule has 0 saturated heterocycles. The minimum Gasteiger partial charge on any atom is -0.368 e. The van der Waals surface area contributed by atoms with Gasteiger partial charge >= 0.3 is 6.18 Å². The fourth-order valence-electron chi connectivity index (χ4n) is 0.758. The van der Waals surface area contributed by atoms with Gasteiger partial charge in [0, 0.05) is 0 Å². The normalized spacial score (nSPS) is 12.0. The molecule has 0 spiro atoms. The van der Waals surface area contributed by atoms with Crippen molar-refractivity contribution in [1.82, 2.24) is 14.8 Å². The first-order valence-electron chi connectivity index (χ1n) is 3.12. The summed E-state index contributed by atoms with van der Waals surface area (Å²) in [7, 11) is 0. The number of halogens is 3. The van der Waals surface area contributed by atoms with Crippen LogP contribution in [0, 0.1) is 6.92 Å². The Labute approximate surface area is 66.2 Å². The molecule has 0 radical (unpaired) electrons. The van der Waals surface area contributed by atoms with E-state index in [9.17, 15) is 13.2 Å². The van der Waals surface area contributed by atoms with E-state index in [1.807, 2.05) is 0 Å². The first-order valence-corrected chi connectivity index (χ1v) is 3.12. The molecule has 68 valence electrons. The predicted octanol–water partition coefficient (Wildman–Crippen LogP) is 0.731. The third-order valence-electron chi connectivity index (χ3n) is 1.14. The third kappa shape index (κ3) is 2.11. The van der Waals surface area contributed by atoms with Crippen LogP contribution in [0.1, 0.15) is 5.82 Å². The highest BCUT2D eigenvalue weighted by atomic mass is 19.4. The number of anilines is 1. The minimum atomic E-state index is -4.31. The van der Waals surface area contributed by atoms with Crippen molar-refractivity contribution < 1.29 is 13.2 Å². The SMILES string of the molecule is Cc1nc(N)n(CC(F)(F)F)n1. The van der Waals surface area contributed by atoms with Gasteiger partial charge in [-0.15, -0.1) is 0 Å². The maximum Gasteiger partial charge on any atom is 0.408 e. The molecule has 0 atom stereocenters. The zero-order valence-electron chi connectivity index (χ0n) is 6.26. The molecule has 0 aliphatic heterocycles. The summed E-state index contributed by atoms with van der Waals surface area (Å²) < 4.78 is 36.0. The van der Waals surface area contributed by atoms with Crippen LogP contribution in [0.5, 0.6) is 0 Å². The number of nitrogens with two attached hydrogens (primary N) is 1. The zero-order valence-corrected chi connectivity index (χ0v) is 6.26. The molecule has 0 unspecified atom stereocenters. The molecule has 1 aromatic rings. The Morgan fingerprint density at radius 3 is 2.42 bits per heavy atom.